The predicted molar refractivity (Wildman–Crippen MR) is 64.7 cm³/mol. The van der Waals surface area contributed by atoms with Gasteiger partial charge in [-0.15, -0.1) is 0 Å². The van der Waals surface area contributed by atoms with E-state index in [0.717, 1.165) is 12.8 Å². The number of ether oxygens (including phenoxy) is 1. The highest BCUT2D eigenvalue weighted by atomic mass is 16.5. The van der Waals surface area contributed by atoms with Gasteiger partial charge in [0.25, 0.3) is 0 Å². The van der Waals surface area contributed by atoms with E-state index < -0.39 is 12.3 Å². The zero-order chi connectivity index (χ0) is 13.2. The summed E-state index contributed by atoms with van der Waals surface area (Å²) in [5.74, 6) is 0.358. The van der Waals surface area contributed by atoms with Gasteiger partial charge < -0.3 is 9.84 Å². The maximum absolute atomic E-state index is 11.2. The molecule has 1 fully saturated rings. The average Bonchev–Trinajstić information content (AvgIpc) is 2.88. The summed E-state index contributed by atoms with van der Waals surface area (Å²) >= 11 is 0. The van der Waals surface area contributed by atoms with E-state index in [1.54, 1.807) is 6.20 Å². The fraction of sp³-hybridized carbons (Fsp3) is 0.455. The van der Waals surface area contributed by atoms with Crippen LogP contribution in [0.4, 0.5) is 4.79 Å². The van der Waals surface area contributed by atoms with Crippen LogP contribution < -0.4 is 4.74 Å². The first-order valence-corrected chi connectivity index (χ1v) is 6.06. The first kappa shape index (κ1) is 11.7. The molecular weight excluding hydrogens is 250 g/mol. The highest BCUT2D eigenvalue weighted by molar-refractivity contribution is 5.78. The van der Waals surface area contributed by atoms with Crippen LogP contribution in [0.5, 0.6) is 5.88 Å². The molecule has 1 saturated heterocycles. The fourth-order valence-corrected chi connectivity index (χ4v) is 2.21. The average molecular weight is 263 g/mol. The number of fused-ring (bicyclic) bond motifs is 1. The Bertz CT molecular complexity index is 599. The Kier molecular flexibility index (Phi) is 2.90. The Morgan fingerprint density at radius 1 is 1.47 bits per heavy atom. The lowest BCUT2D eigenvalue weighted by molar-refractivity contribution is 0.00431. The number of aromatic amines is 1. The Hall–Kier alpha value is -2.38. The van der Waals surface area contributed by atoms with Gasteiger partial charge in [0.15, 0.2) is 11.9 Å². The minimum Gasteiger partial charge on any atom is -0.465 e. The highest BCUT2D eigenvalue weighted by Gasteiger charge is 2.28. The van der Waals surface area contributed by atoms with Crippen molar-refractivity contribution in [2.75, 3.05) is 6.54 Å². The van der Waals surface area contributed by atoms with Crippen molar-refractivity contribution < 1.29 is 14.6 Å². The lowest BCUT2D eigenvalue weighted by Crippen LogP contribution is -2.46. The molecule has 100 valence electrons. The number of piperidine rings is 1. The number of amides is 1. The molecule has 1 unspecified atom stereocenters. The Morgan fingerprint density at radius 3 is 3.21 bits per heavy atom. The van der Waals surface area contributed by atoms with Gasteiger partial charge >= 0.3 is 6.09 Å². The number of hydrogen-bond donors (Lipinski definition) is 2. The van der Waals surface area contributed by atoms with E-state index in [1.165, 1.54) is 11.2 Å². The van der Waals surface area contributed by atoms with Crippen LogP contribution in [0.15, 0.2) is 12.5 Å². The second kappa shape index (κ2) is 4.71. The van der Waals surface area contributed by atoms with Crippen LogP contribution in [0.2, 0.25) is 0 Å². The summed E-state index contributed by atoms with van der Waals surface area (Å²) in [5.41, 5.74) is 0.572. The zero-order valence-corrected chi connectivity index (χ0v) is 10.1. The third-order valence-electron chi connectivity index (χ3n) is 3.15. The van der Waals surface area contributed by atoms with Crippen LogP contribution in [0.1, 0.15) is 19.3 Å². The third kappa shape index (κ3) is 2.16. The number of carboxylic acid groups (broad SMARTS) is 1. The lowest BCUT2D eigenvalue weighted by Gasteiger charge is -2.32. The molecule has 8 heteroatoms. The van der Waals surface area contributed by atoms with Gasteiger partial charge in [0, 0.05) is 13.0 Å². The molecule has 19 heavy (non-hydrogen) atoms. The first-order chi connectivity index (χ1) is 9.25. The van der Waals surface area contributed by atoms with Gasteiger partial charge in [-0.2, -0.15) is 5.10 Å². The molecule has 1 atom stereocenters. The first-order valence-electron chi connectivity index (χ1n) is 6.06. The van der Waals surface area contributed by atoms with Crippen molar-refractivity contribution in [1.82, 2.24) is 25.1 Å². The summed E-state index contributed by atoms with van der Waals surface area (Å²) in [7, 11) is 0. The summed E-state index contributed by atoms with van der Waals surface area (Å²) in [5, 5.41) is 16.4. The van der Waals surface area contributed by atoms with Crippen molar-refractivity contribution in [2.24, 2.45) is 0 Å². The van der Waals surface area contributed by atoms with Gasteiger partial charge in [-0.3, -0.25) is 10.00 Å². The number of aromatic nitrogens is 4. The standard InChI is InChI=1S/C11H13N5O3/c17-11(18)16-4-2-1-3-8(16)19-10-7-5-14-15-9(7)12-6-13-10/h5-6,8H,1-4H2,(H,17,18)(H,12,13,14,15). The van der Waals surface area contributed by atoms with Crippen molar-refractivity contribution >= 4 is 17.1 Å². The fourth-order valence-electron chi connectivity index (χ4n) is 2.21. The van der Waals surface area contributed by atoms with Crippen molar-refractivity contribution in [3.63, 3.8) is 0 Å². The Morgan fingerprint density at radius 2 is 2.37 bits per heavy atom. The van der Waals surface area contributed by atoms with Crippen LogP contribution in [0, 0.1) is 0 Å². The molecule has 1 aliphatic heterocycles. The highest BCUT2D eigenvalue weighted by Crippen LogP contribution is 2.24. The quantitative estimate of drug-likeness (QED) is 0.844. The Labute approximate surface area is 108 Å². The summed E-state index contributed by atoms with van der Waals surface area (Å²) in [4.78, 5) is 20.5. The Balaban J connectivity index is 1.87. The van der Waals surface area contributed by atoms with Crippen LogP contribution in [-0.4, -0.2) is 49.0 Å². The van der Waals surface area contributed by atoms with Crippen molar-refractivity contribution in [3.8, 4) is 5.88 Å². The monoisotopic (exact) mass is 263 g/mol. The van der Waals surface area contributed by atoms with Crippen molar-refractivity contribution in [2.45, 2.75) is 25.5 Å². The zero-order valence-electron chi connectivity index (χ0n) is 10.1. The van der Waals surface area contributed by atoms with Gasteiger partial charge in [-0.1, -0.05) is 0 Å². The number of H-pyrrole nitrogens is 1. The second-order valence-electron chi connectivity index (χ2n) is 4.36. The second-order valence-corrected chi connectivity index (χ2v) is 4.36. The number of hydrogen-bond acceptors (Lipinski definition) is 5. The van der Waals surface area contributed by atoms with Crippen molar-refractivity contribution in [1.29, 1.82) is 0 Å². The number of nitrogens with zero attached hydrogens (tertiary/aromatic N) is 4. The summed E-state index contributed by atoms with van der Waals surface area (Å²) in [6.07, 6.45) is 3.92. The summed E-state index contributed by atoms with van der Waals surface area (Å²) in [6.45, 7) is 0.486. The number of nitrogens with one attached hydrogen (secondary N) is 1. The van der Waals surface area contributed by atoms with Crippen LogP contribution >= 0.6 is 0 Å². The topological polar surface area (TPSA) is 104 Å². The van der Waals surface area contributed by atoms with Crippen LogP contribution in [0.25, 0.3) is 11.0 Å². The molecule has 0 aliphatic carbocycles. The lowest BCUT2D eigenvalue weighted by atomic mass is 10.1. The SMILES string of the molecule is O=C(O)N1CCCCC1Oc1ncnc2[nH]ncc12. The van der Waals surface area contributed by atoms with Gasteiger partial charge in [0.2, 0.25) is 5.88 Å². The van der Waals surface area contributed by atoms with Gasteiger partial charge in [0.1, 0.15) is 11.7 Å². The molecule has 3 rings (SSSR count). The molecule has 0 spiro atoms. The maximum Gasteiger partial charge on any atom is 0.410 e. The molecule has 8 nitrogen and oxygen atoms in total. The summed E-state index contributed by atoms with van der Waals surface area (Å²) in [6, 6.07) is 0. The minimum absolute atomic E-state index is 0.358. The van der Waals surface area contributed by atoms with E-state index >= 15 is 0 Å². The van der Waals surface area contributed by atoms with E-state index in [9.17, 15) is 4.79 Å². The van der Waals surface area contributed by atoms with Gasteiger partial charge in [0.05, 0.1) is 6.20 Å². The van der Waals surface area contributed by atoms with Crippen molar-refractivity contribution in [3.05, 3.63) is 12.5 Å². The van der Waals surface area contributed by atoms with E-state index in [1.807, 2.05) is 0 Å². The molecule has 0 saturated carbocycles. The molecule has 0 aromatic carbocycles. The molecular formula is C11H13N5O3. The molecule has 3 heterocycles. The third-order valence-corrected chi connectivity index (χ3v) is 3.15. The molecule has 1 aliphatic rings. The van der Waals surface area contributed by atoms with Crippen LogP contribution in [0.3, 0.4) is 0 Å². The minimum atomic E-state index is -0.970. The smallest absolute Gasteiger partial charge is 0.410 e. The number of carbonyl (C=O) groups is 1. The van der Waals surface area contributed by atoms with E-state index in [4.69, 9.17) is 9.84 Å². The van der Waals surface area contributed by atoms with Gasteiger partial charge in [-0.25, -0.2) is 14.8 Å². The van der Waals surface area contributed by atoms with E-state index in [0.29, 0.717) is 29.9 Å². The van der Waals surface area contributed by atoms with E-state index in [-0.39, 0.29) is 0 Å². The summed E-state index contributed by atoms with van der Waals surface area (Å²) < 4.78 is 5.73. The molecule has 2 aromatic heterocycles. The largest absolute Gasteiger partial charge is 0.465 e. The molecule has 2 aromatic rings. The normalized spacial score (nSPS) is 19.6. The maximum atomic E-state index is 11.2. The van der Waals surface area contributed by atoms with Crippen LogP contribution in [-0.2, 0) is 0 Å². The molecule has 2 N–H and O–H groups in total. The number of likely N-dealkylation sites (tertiary alicyclic amines) is 1. The van der Waals surface area contributed by atoms with Gasteiger partial charge in [-0.05, 0) is 12.8 Å². The molecule has 1 amide bonds. The molecule has 0 bridgehead atoms. The predicted octanol–water partition coefficient (Wildman–Crippen LogP) is 1.22. The number of rotatable bonds is 2. The molecule has 0 radical (unpaired) electrons. The van der Waals surface area contributed by atoms with E-state index in [2.05, 4.69) is 20.2 Å².